The van der Waals surface area contributed by atoms with Crippen molar-refractivity contribution in [2.45, 2.75) is 0 Å². The van der Waals surface area contributed by atoms with Crippen molar-refractivity contribution in [1.82, 2.24) is 9.47 Å². The minimum absolute atomic E-state index is 0.738. The highest BCUT2D eigenvalue weighted by molar-refractivity contribution is 6.57. The van der Waals surface area contributed by atoms with Crippen LogP contribution in [0.15, 0.2) is 12.4 Å². The maximum absolute atomic E-state index is 5.31. The van der Waals surface area contributed by atoms with Crippen LogP contribution < -0.4 is 0 Å². The van der Waals surface area contributed by atoms with Gasteiger partial charge in [0.05, 0.1) is 6.67 Å². The summed E-state index contributed by atoms with van der Waals surface area (Å²) in [5.41, 5.74) is 0. The van der Waals surface area contributed by atoms with Crippen molar-refractivity contribution in [2.75, 3.05) is 35.0 Å². The molecule has 1 rings (SSSR count). The third-order valence-electron chi connectivity index (χ3n) is 2.00. The molecule has 0 unspecified atom stereocenters. The minimum atomic E-state index is -2.62. The van der Waals surface area contributed by atoms with Crippen LogP contribution in [-0.4, -0.2) is 53.5 Å². The first-order valence-corrected chi connectivity index (χ1v) is 5.66. The van der Waals surface area contributed by atoms with E-state index in [-0.39, 0.29) is 0 Å². The Hall–Kier alpha value is -0.563. The second-order valence-corrected chi connectivity index (χ2v) is 5.65. The maximum atomic E-state index is 5.31. The molecule has 0 radical (unpaired) electrons. The molecule has 0 bridgehead atoms. The normalized spacial score (nSPS) is 17.2. The van der Waals surface area contributed by atoms with Crippen LogP contribution in [0.3, 0.4) is 0 Å². The molecule has 0 aromatic heterocycles. The Labute approximate surface area is 79.9 Å². The second kappa shape index (κ2) is 4.10. The van der Waals surface area contributed by atoms with Gasteiger partial charge in [-0.15, -0.1) is 0 Å². The van der Waals surface area contributed by atoms with Gasteiger partial charge in [-0.2, -0.15) is 0 Å². The highest BCUT2D eigenvalue weighted by atomic mass is 28.4. The van der Waals surface area contributed by atoms with E-state index < -0.39 is 8.97 Å². The Morgan fingerprint density at radius 2 is 1.62 bits per heavy atom. The summed E-state index contributed by atoms with van der Waals surface area (Å²) in [5.74, 6) is 0. The van der Waals surface area contributed by atoms with Gasteiger partial charge in [0.1, 0.15) is 0 Å². The molecule has 6 heteroatoms. The van der Waals surface area contributed by atoms with E-state index in [0.717, 1.165) is 6.67 Å². The van der Waals surface area contributed by atoms with Crippen LogP contribution >= 0.6 is 0 Å². The maximum Gasteiger partial charge on any atom is 0.633 e. The predicted octanol–water partition coefficient (Wildman–Crippen LogP) is 0.0373. The monoisotopic (exact) mass is 204 g/mol. The lowest BCUT2D eigenvalue weighted by molar-refractivity contribution is 0.0686. The minimum Gasteiger partial charge on any atom is -0.362 e. The molecule has 0 saturated heterocycles. The zero-order valence-corrected chi connectivity index (χ0v) is 9.48. The van der Waals surface area contributed by atoms with Gasteiger partial charge in [-0.1, -0.05) is 0 Å². The molecule has 0 amide bonds. The summed E-state index contributed by atoms with van der Waals surface area (Å²) in [7, 11) is 4.17. The van der Waals surface area contributed by atoms with Crippen molar-refractivity contribution in [3.05, 3.63) is 12.4 Å². The molecule has 0 spiro atoms. The number of hydrogen-bond acceptors (Lipinski definition) is 5. The SMILES string of the molecule is CO[Si](OC)(OC)N1C=CN(C)C1. The van der Waals surface area contributed by atoms with Gasteiger partial charge < -0.3 is 22.7 Å². The van der Waals surface area contributed by atoms with E-state index in [1.54, 1.807) is 21.3 Å². The first-order chi connectivity index (χ1) is 6.18. The van der Waals surface area contributed by atoms with Gasteiger partial charge in [-0.25, -0.2) is 0 Å². The van der Waals surface area contributed by atoms with Crippen LogP contribution in [0.4, 0.5) is 0 Å². The van der Waals surface area contributed by atoms with E-state index in [0.29, 0.717) is 0 Å². The fraction of sp³-hybridized carbons (Fsp3) is 0.714. The van der Waals surface area contributed by atoms with Crippen molar-refractivity contribution < 1.29 is 13.3 Å². The molecule has 13 heavy (non-hydrogen) atoms. The molecule has 5 nitrogen and oxygen atoms in total. The topological polar surface area (TPSA) is 34.2 Å². The first-order valence-electron chi connectivity index (χ1n) is 3.99. The Morgan fingerprint density at radius 3 is 1.92 bits per heavy atom. The van der Waals surface area contributed by atoms with Crippen LogP contribution in [0.2, 0.25) is 0 Å². The van der Waals surface area contributed by atoms with Gasteiger partial charge in [0.2, 0.25) is 0 Å². The van der Waals surface area contributed by atoms with Crippen molar-refractivity contribution in [3.8, 4) is 0 Å². The summed E-state index contributed by atoms with van der Waals surface area (Å²) in [6.07, 6.45) is 3.88. The van der Waals surface area contributed by atoms with Gasteiger partial charge in [-0.3, -0.25) is 0 Å². The zero-order valence-electron chi connectivity index (χ0n) is 8.48. The first kappa shape index (κ1) is 10.5. The van der Waals surface area contributed by atoms with E-state index >= 15 is 0 Å². The standard InChI is InChI=1S/C7H16N2O3Si/c1-8-5-6-9(7-8)13(10-2,11-3)12-4/h5-6H,7H2,1-4H3. The van der Waals surface area contributed by atoms with Crippen LogP contribution in [0, 0.1) is 0 Å². The lowest BCUT2D eigenvalue weighted by Crippen LogP contribution is -2.57. The molecular formula is C7H16N2O3Si. The molecule has 0 fully saturated rings. The highest BCUT2D eigenvalue weighted by Gasteiger charge is 2.47. The lowest BCUT2D eigenvalue weighted by atomic mass is 10.9. The van der Waals surface area contributed by atoms with Crippen LogP contribution in [0.5, 0.6) is 0 Å². The molecule has 76 valence electrons. The quantitative estimate of drug-likeness (QED) is 0.604. The Morgan fingerprint density at radius 1 is 1.08 bits per heavy atom. The van der Waals surface area contributed by atoms with Crippen molar-refractivity contribution >= 4 is 8.97 Å². The van der Waals surface area contributed by atoms with E-state index in [4.69, 9.17) is 13.3 Å². The summed E-state index contributed by atoms with van der Waals surface area (Å²) < 4.78 is 17.9. The molecule has 1 aliphatic rings. The van der Waals surface area contributed by atoms with E-state index in [9.17, 15) is 0 Å². The van der Waals surface area contributed by atoms with Crippen LogP contribution in [-0.2, 0) is 13.3 Å². The van der Waals surface area contributed by atoms with Gasteiger partial charge in [0, 0.05) is 40.8 Å². The predicted molar refractivity (Wildman–Crippen MR) is 50.4 cm³/mol. The third kappa shape index (κ3) is 1.85. The summed E-state index contributed by atoms with van der Waals surface area (Å²) in [6.45, 7) is 0.738. The Bertz CT molecular complexity index is 188. The van der Waals surface area contributed by atoms with Gasteiger partial charge in [0.25, 0.3) is 0 Å². The highest BCUT2D eigenvalue weighted by Crippen LogP contribution is 2.17. The second-order valence-electron chi connectivity index (χ2n) is 2.80. The third-order valence-corrected chi connectivity index (χ3v) is 4.54. The number of hydrogen-bond donors (Lipinski definition) is 0. The van der Waals surface area contributed by atoms with Gasteiger partial charge in [0.15, 0.2) is 0 Å². The molecule has 0 aromatic rings. The largest absolute Gasteiger partial charge is 0.633 e. The number of rotatable bonds is 4. The summed E-state index contributed by atoms with van der Waals surface area (Å²) >= 11 is 0. The van der Waals surface area contributed by atoms with Crippen molar-refractivity contribution in [2.24, 2.45) is 0 Å². The van der Waals surface area contributed by atoms with Crippen LogP contribution in [0.25, 0.3) is 0 Å². The average molecular weight is 204 g/mol. The molecule has 1 aliphatic heterocycles. The fourth-order valence-corrected chi connectivity index (χ4v) is 3.16. The molecular weight excluding hydrogens is 188 g/mol. The summed E-state index contributed by atoms with van der Waals surface area (Å²) in [5, 5.41) is 0. The summed E-state index contributed by atoms with van der Waals surface area (Å²) in [4.78, 5) is 2.03. The average Bonchev–Trinajstić information content (AvgIpc) is 2.57. The fourth-order valence-electron chi connectivity index (χ4n) is 1.31. The Kier molecular flexibility index (Phi) is 3.31. The van der Waals surface area contributed by atoms with E-state index in [1.165, 1.54) is 0 Å². The van der Waals surface area contributed by atoms with Gasteiger partial charge in [-0.05, 0) is 0 Å². The van der Waals surface area contributed by atoms with Gasteiger partial charge >= 0.3 is 8.97 Å². The molecule has 1 heterocycles. The van der Waals surface area contributed by atoms with E-state index in [1.807, 2.05) is 28.9 Å². The number of nitrogens with zero attached hydrogens (tertiary/aromatic N) is 2. The molecule has 0 atom stereocenters. The summed E-state index contributed by atoms with van der Waals surface area (Å²) in [6, 6.07) is 0. The van der Waals surface area contributed by atoms with Crippen molar-refractivity contribution in [1.29, 1.82) is 0 Å². The van der Waals surface area contributed by atoms with E-state index in [2.05, 4.69) is 0 Å². The smallest absolute Gasteiger partial charge is 0.362 e. The molecule has 0 N–H and O–H groups in total. The Balaban J connectivity index is 2.71. The molecule has 0 aliphatic carbocycles. The van der Waals surface area contributed by atoms with Crippen molar-refractivity contribution in [3.63, 3.8) is 0 Å². The molecule has 0 aromatic carbocycles. The lowest BCUT2D eigenvalue weighted by Gasteiger charge is -2.32. The molecule has 0 saturated carbocycles. The zero-order chi connectivity index (χ0) is 9.90. The van der Waals surface area contributed by atoms with Crippen LogP contribution in [0.1, 0.15) is 0 Å².